The molecule has 1 aliphatic rings. The number of halogens is 3. The van der Waals surface area contributed by atoms with Gasteiger partial charge in [0, 0.05) is 50.6 Å². The summed E-state index contributed by atoms with van der Waals surface area (Å²) >= 11 is 0. The fraction of sp³-hybridized carbons (Fsp3) is 0.588. The fourth-order valence-electron chi connectivity index (χ4n) is 3.29. The molecule has 0 aliphatic carbocycles. The monoisotopic (exact) mass is 384 g/mol. The van der Waals surface area contributed by atoms with Gasteiger partial charge in [-0.25, -0.2) is 4.98 Å². The van der Waals surface area contributed by atoms with Gasteiger partial charge in [-0.3, -0.25) is 9.89 Å². The Morgan fingerprint density at radius 1 is 1.41 bits per heavy atom. The number of alkyl halides is 3. The summed E-state index contributed by atoms with van der Waals surface area (Å²) in [5.41, 5.74) is -1.22. The van der Waals surface area contributed by atoms with E-state index < -0.39 is 17.8 Å². The van der Waals surface area contributed by atoms with Crippen LogP contribution in [0.15, 0.2) is 18.5 Å². The van der Waals surface area contributed by atoms with Gasteiger partial charge in [0.15, 0.2) is 5.69 Å². The zero-order valence-electron chi connectivity index (χ0n) is 15.3. The number of H-pyrrole nitrogens is 1. The summed E-state index contributed by atoms with van der Waals surface area (Å²) in [6, 6.07) is 0.768. The van der Waals surface area contributed by atoms with Crippen molar-refractivity contribution in [3.8, 4) is 0 Å². The van der Waals surface area contributed by atoms with E-state index in [1.807, 2.05) is 25.4 Å². The van der Waals surface area contributed by atoms with E-state index in [0.717, 1.165) is 37.8 Å². The second-order valence-corrected chi connectivity index (χ2v) is 7.04. The third-order valence-electron chi connectivity index (χ3n) is 4.71. The second-order valence-electron chi connectivity index (χ2n) is 7.04. The van der Waals surface area contributed by atoms with E-state index in [4.69, 9.17) is 0 Å². The Balaban J connectivity index is 1.70. The maximum atomic E-state index is 12.7. The number of rotatable bonds is 5. The molecule has 3 rings (SSSR count). The van der Waals surface area contributed by atoms with Gasteiger partial charge < -0.3 is 14.4 Å². The molecule has 0 radical (unpaired) electrons. The second kappa shape index (κ2) is 7.71. The number of hydrogen-bond donors (Lipinski definition) is 1. The van der Waals surface area contributed by atoms with Gasteiger partial charge in [-0.05, 0) is 26.9 Å². The highest BCUT2D eigenvalue weighted by Crippen LogP contribution is 2.29. The molecule has 3 heterocycles. The molecule has 1 aliphatic heterocycles. The number of imidazole rings is 1. The summed E-state index contributed by atoms with van der Waals surface area (Å²) in [6.07, 6.45) is 0.774. The lowest BCUT2D eigenvalue weighted by molar-refractivity contribution is -0.141. The number of amides is 1. The van der Waals surface area contributed by atoms with Crippen LogP contribution in [-0.4, -0.2) is 69.2 Å². The van der Waals surface area contributed by atoms with Gasteiger partial charge in [0.05, 0.1) is 0 Å². The number of likely N-dealkylation sites (N-methyl/N-ethyl adjacent to an activating group) is 1. The van der Waals surface area contributed by atoms with Gasteiger partial charge in [0.25, 0.3) is 5.91 Å². The smallest absolute Gasteiger partial charge is 0.337 e. The minimum atomic E-state index is -4.55. The first-order valence-corrected chi connectivity index (χ1v) is 8.83. The van der Waals surface area contributed by atoms with Crippen molar-refractivity contribution in [2.75, 3.05) is 33.7 Å². The van der Waals surface area contributed by atoms with Crippen LogP contribution in [0.4, 0.5) is 13.2 Å². The summed E-state index contributed by atoms with van der Waals surface area (Å²) in [4.78, 5) is 20.7. The molecule has 1 saturated heterocycles. The molecule has 10 heteroatoms. The standard InChI is InChI=1S/C17H23F3N6O/c1-24(2)8-9-25-7-5-21-15(25)12-4-3-6-26(11-12)16(27)13-10-14(23-22-13)17(18,19)20/h5,7,10,12H,3-4,6,8-9,11H2,1-2H3,(H,22,23). The van der Waals surface area contributed by atoms with Crippen molar-refractivity contribution in [3.63, 3.8) is 0 Å². The van der Waals surface area contributed by atoms with Crippen molar-refractivity contribution in [1.29, 1.82) is 0 Å². The number of carbonyl (C=O) groups excluding carboxylic acids is 1. The van der Waals surface area contributed by atoms with Crippen LogP contribution in [0.2, 0.25) is 0 Å². The number of piperidine rings is 1. The van der Waals surface area contributed by atoms with Gasteiger partial charge in [-0.2, -0.15) is 18.3 Å². The Labute approximate surface area is 155 Å². The normalized spacial score (nSPS) is 18.3. The number of nitrogens with one attached hydrogen (secondary N) is 1. The van der Waals surface area contributed by atoms with Crippen LogP contribution in [0.1, 0.15) is 40.8 Å². The van der Waals surface area contributed by atoms with Crippen molar-refractivity contribution in [2.45, 2.75) is 31.5 Å². The molecule has 2 aromatic rings. The van der Waals surface area contributed by atoms with Crippen LogP contribution >= 0.6 is 0 Å². The predicted octanol–water partition coefficient (Wildman–Crippen LogP) is 2.21. The van der Waals surface area contributed by atoms with E-state index in [0.29, 0.717) is 13.1 Å². The van der Waals surface area contributed by atoms with Crippen LogP contribution in [0.25, 0.3) is 0 Å². The summed E-state index contributed by atoms with van der Waals surface area (Å²) in [7, 11) is 3.99. The van der Waals surface area contributed by atoms with Gasteiger partial charge in [0.2, 0.25) is 0 Å². The Morgan fingerprint density at radius 2 is 2.19 bits per heavy atom. The fourth-order valence-corrected chi connectivity index (χ4v) is 3.29. The van der Waals surface area contributed by atoms with Crippen LogP contribution in [0, 0.1) is 0 Å². The topological polar surface area (TPSA) is 70.1 Å². The van der Waals surface area contributed by atoms with E-state index in [9.17, 15) is 18.0 Å². The third kappa shape index (κ3) is 4.49. The summed E-state index contributed by atoms with van der Waals surface area (Å²) in [5, 5.41) is 5.45. The molecule has 2 aromatic heterocycles. The van der Waals surface area contributed by atoms with E-state index in [1.165, 1.54) is 0 Å². The lowest BCUT2D eigenvalue weighted by Gasteiger charge is -2.32. The lowest BCUT2D eigenvalue weighted by Crippen LogP contribution is -2.40. The summed E-state index contributed by atoms with van der Waals surface area (Å²) in [6.45, 7) is 2.58. The Hall–Kier alpha value is -2.36. The highest BCUT2D eigenvalue weighted by Gasteiger charge is 2.35. The van der Waals surface area contributed by atoms with Crippen molar-refractivity contribution in [2.24, 2.45) is 0 Å². The Bertz CT molecular complexity index is 782. The molecular weight excluding hydrogens is 361 g/mol. The largest absolute Gasteiger partial charge is 0.432 e. The van der Waals surface area contributed by atoms with E-state index in [2.05, 4.69) is 19.5 Å². The molecule has 27 heavy (non-hydrogen) atoms. The van der Waals surface area contributed by atoms with Crippen LogP contribution < -0.4 is 0 Å². The van der Waals surface area contributed by atoms with Gasteiger partial charge >= 0.3 is 6.18 Å². The molecule has 0 saturated carbocycles. The Kier molecular flexibility index (Phi) is 5.54. The average Bonchev–Trinajstić information content (AvgIpc) is 3.28. The molecule has 1 atom stereocenters. The maximum Gasteiger partial charge on any atom is 0.432 e. The molecule has 1 fully saturated rings. The van der Waals surface area contributed by atoms with E-state index in [1.54, 1.807) is 11.1 Å². The van der Waals surface area contributed by atoms with Crippen molar-refractivity contribution in [1.82, 2.24) is 29.5 Å². The maximum absolute atomic E-state index is 12.7. The SMILES string of the molecule is CN(C)CCn1ccnc1C1CCCN(C(=O)c2cc(C(F)(F)F)[nH]n2)C1. The lowest BCUT2D eigenvalue weighted by atomic mass is 9.96. The molecule has 7 nitrogen and oxygen atoms in total. The minimum absolute atomic E-state index is 0.0564. The minimum Gasteiger partial charge on any atom is -0.337 e. The van der Waals surface area contributed by atoms with Crippen molar-refractivity contribution >= 4 is 5.91 Å². The molecule has 148 valence electrons. The number of hydrogen-bond acceptors (Lipinski definition) is 4. The Morgan fingerprint density at radius 3 is 2.85 bits per heavy atom. The van der Waals surface area contributed by atoms with Crippen LogP contribution in [-0.2, 0) is 12.7 Å². The predicted molar refractivity (Wildman–Crippen MR) is 92.2 cm³/mol. The average molecular weight is 384 g/mol. The molecule has 1 amide bonds. The van der Waals surface area contributed by atoms with Crippen molar-refractivity contribution < 1.29 is 18.0 Å². The van der Waals surface area contributed by atoms with Crippen LogP contribution in [0.5, 0.6) is 0 Å². The number of carbonyl (C=O) groups is 1. The molecule has 0 spiro atoms. The first-order chi connectivity index (χ1) is 12.8. The number of likely N-dealkylation sites (tertiary alicyclic amines) is 1. The first-order valence-electron chi connectivity index (χ1n) is 8.83. The van der Waals surface area contributed by atoms with Gasteiger partial charge in [0.1, 0.15) is 11.5 Å². The van der Waals surface area contributed by atoms with Crippen molar-refractivity contribution in [3.05, 3.63) is 35.7 Å². The third-order valence-corrected chi connectivity index (χ3v) is 4.71. The number of aromatic amines is 1. The highest BCUT2D eigenvalue weighted by atomic mass is 19.4. The molecule has 1 N–H and O–H groups in total. The molecular formula is C17H23F3N6O. The number of nitrogens with zero attached hydrogens (tertiary/aromatic N) is 5. The first kappa shape index (κ1) is 19.4. The highest BCUT2D eigenvalue weighted by molar-refractivity contribution is 5.92. The molecule has 0 bridgehead atoms. The molecule has 1 unspecified atom stereocenters. The van der Waals surface area contributed by atoms with E-state index in [-0.39, 0.29) is 11.6 Å². The van der Waals surface area contributed by atoms with Crippen LogP contribution in [0.3, 0.4) is 0 Å². The zero-order chi connectivity index (χ0) is 19.6. The number of aromatic nitrogens is 4. The summed E-state index contributed by atoms with van der Waals surface area (Å²) in [5.74, 6) is 0.478. The molecule has 0 aromatic carbocycles. The van der Waals surface area contributed by atoms with Gasteiger partial charge in [-0.1, -0.05) is 0 Å². The summed E-state index contributed by atoms with van der Waals surface area (Å²) < 4.78 is 40.2. The van der Waals surface area contributed by atoms with E-state index >= 15 is 0 Å². The van der Waals surface area contributed by atoms with Gasteiger partial charge in [-0.15, -0.1) is 0 Å². The zero-order valence-corrected chi connectivity index (χ0v) is 15.3. The quantitative estimate of drug-likeness (QED) is 0.858.